The zero-order valence-corrected chi connectivity index (χ0v) is 16.3. The van der Waals surface area contributed by atoms with Crippen LogP contribution in [0, 0.1) is 10.1 Å². The van der Waals surface area contributed by atoms with Gasteiger partial charge in [-0.2, -0.15) is 0 Å². The molecule has 2 rings (SSSR count). The zero-order chi connectivity index (χ0) is 20.7. The van der Waals surface area contributed by atoms with Crippen LogP contribution in [0.4, 0.5) is 11.5 Å². The van der Waals surface area contributed by atoms with Gasteiger partial charge in [0.25, 0.3) is 11.2 Å². The summed E-state index contributed by atoms with van der Waals surface area (Å²) in [4.78, 5) is 36.1. The van der Waals surface area contributed by atoms with E-state index in [2.05, 4.69) is 5.32 Å². The molecule has 0 bridgehead atoms. The molecule has 0 amide bonds. The van der Waals surface area contributed by atoms with Crippen molar-refractivity contribution in [2.24, 2.45) is 14.1 Å². The monoisotopic (exact) mass is 391 g/mol. The van der Waals surface area contributed by atoms with Crippen LogP contribution < -0.4 is 26.2 Å². The highest BCUT2D eigenvalue weighted by atomic mass is 16.6. The maximum atomic E-state index is 12.1. The van der Waals surface area contributed by atoms with Crippen LogP contribution in [0.25, 0.3) is 0 Å². The first-order chi connectivity index (χ1) is 13.3. The van der Waals surface area contributed by atoms with Gasteiger partial charge in [-0.3, -0.25) is 24.0 Å². The van der Waals surface area contributed by atoms with Gasteiger partial charge in [0.15, 0.2) is 0 Å². The van der Waals surface area contributed by atoms with Gasteiger partial charge < -0.3 is 15.0 Å². The summed E-state index contributed by atoms with van der Waals surface area (Å²) in [5.74, 6) is 1.15. The van der Waals surface area contributed by atoms with Gasteiger partial charge in [-0.1, -0.05) is 0 Å². The van der Waals surface area contributed by atoms with E-state index in [9.17, 15) is 19.7 Å². The van der Waals surface area contributed by atoms with Gasteiger partial charge in [-0.15, -0.1) is 0 Å². The summed E-state index contributed by atoms with van der Waals surface area (Å²) in [7, 11) is 3.10. The number of nitrogens with zero attached hydrogens (tertiary/aromatic N) is 4. The minimum absolute atomic E-state index is 0.0234. The van der Waals surface area contributed by atoms with E-state index in [0.29, 0.717) is 44.4 Å². The Balaban J connectivity index is 1.80. The Morgan fingerprint density at radius 3 is 2.43 bits per heavy atom. The van der Waals surface area contributed by atoms with E-state index < -0.39 is 4.92 Å². The first kappa shape index (κ1) is 21.2. The summed E-state index contributed by atoms with van der Waals surface area (Å²) in [6, 6.07) is 7.38. The minimum atomic E-state index is -0.455. The molecule has 1 aromatic heterocycles. The van der Waals surface area contributed by atoms with E-state index in [1.807, 2.05) is 11.8 Å². The summed E-state index contributed by atoms with van der Waals surface area (Å²) in [6.45, 7) is 4.87. The van der Waals surface area contributed by atoms with Crippen molar-refractivity contribution >= 4 is 11.5 Å². The number of anilines is 1. The fraction of sp³-hybridized carbons (Fsp3) is 0.444. The number of rotatable bonds is 10. The van der Waals surface area contributed by atoms with Gasteiger partial charge in [0.1, 0.15) is 18.2 Å². The molecule has 1 aromatic carbocycles. The van der Waals surface area contributed by atoms with Crippen LogP contribution in [0.2, 0.25) is 0 Å². The molecule has 0 unspecified atom stereocenters. The molecule has 0 aliphatic carbocycles. The molecule has 0 saturated heterocycles. The first-order valence-electron chi connectivity index (χ1n) is 8.95. The fourth-order valence-electron chi connectivity index (χ4n) is 2.70. The number of nitro benzene ring substituents is 1. The Morgan fingerprint density at radius 2 is 1.82 bits per heavy atom. The smallest absolute Gasteiger partial charge is 0.332 e. The van der Waals surface area contributed by atoms with E-state index in [1.165, 1.54) is 29.8 Å². The minimum Gasteiger partial charge on any atom is -0.492 e. The van der Waals surface area contributed by atoms with E-state index in [-0.39, 0.29) is 16.9 Å². The molecule has 1 N–H and O–H groups in total. The molecule has 0 spiro atoms. The highest BCUT2D eigenvalue weighted by molar-refractivity contribution is 5.38. The summed E-state index contributed by atoms with van der Waals surface area (Å²) < 4.78 is 8.07. The van der Waals surface area contributed by atoms with Crippen molar-refractivity contribution in [1.82, 2.24) is 14.5 Å². The number of aromatic nitrogens is 2. The molecule has 1 heterocycles. The van der Waals surface area contributed by atoms with Gasteiger partial charge in [-0.05, 0) is 19.1 Å². The highest BCUT2D eigenvalue weighted by Crippen LogP contribution is 2.16. The van der Waals surface area contributed by atoms with Crippen LogP contribution in [0.3, 0.4) is 0 Å². The number of ether oxygens (including phenoxy) is 1. The summed E-state index contributed by atoms with van der Waals surface area (Å²) in [5, 5.41) is 13.8. The maximum Gasteiger partial charge on any atom is 0.332 e. The highest BCUT2D eigenvalue weighted by Gasteiger charge is 2.11. The molecular weight excluding hydrogens is 366 g/mol. The Labute approximate surface area is 162 Å². The standard InChI is InChI=1S/C18H25N5O5/c1-4-22(16-13-17(24)21(3)18(25)20(16)2)11-9-19-10-12-28-15-7-5-14(6-8-15)23(26)27/h5-8,13,19H,4,9-12H2,1-3H3. The Hall–Kier alpha value is -3.14. The van der Waals surface area contributed by atoms with Crippen LogP contribution >= 0.6 is 0 Å². The van der Waals surface area contributed by atoms with Crippen molar-refractivity contribution in [2.45, 2.75) is 6.92 Å². The quantitative estimate of drug-likeness (QED) is 0.356. The van der Waals surface area contributed by atoms with E-state index >= 15 is 0 Å². The molecule has 0 saturated carbocycles. The number of non-ortho nitro benzene ring substituents is 1. The molecule has 0 fully saturated rings. The van der Waals surface area contributed by atoms with Gasteiger partial charge >= 0.3 is 5.69 Å². The van der Waals surface area contributed by atoms with Crippen molar-refractivity contribution in [3.8, 4) is 5.75 Å². The van der Waals surface area contributed by atoms with Gasteiger partial charge in [0, 0.05) is 58.5 Å². The molecule has 10 nitrogen and oxygen atoms in total. The average Bonchev–Trinajstić information content (AvgIpc) is 2.69. The number of nitrogens with one attached hydrogen (secondary N) is 1. The molecule has 152 valence electrons. The first-order valence-corrected chi connectivity index (χ1v) is 8.95. The summed E-state index contributed by atoms with van der Waals surface area (Å²) in [5.41, 5.74) is -0.665. The van der Waals surface area contributed by atoms with Crippen LogP contribution in [0.15, 0.2) is 39.9 Å². The number of likely N-dealkylation sites (N-methyl/N-ethyl adjacent to an activating group) is 1. The number of nitro groups is 1. The second-order valence-electron chi connectivity index (χ2n) is 6.17. The zero-order valence-electron chi connectivity index (χ0n) is 16.3. The lowest BCUT2D eigenvalue weighted by molar-refractivity contribution is -0.384. The molecule has 0 aliphatic heterocycles. The lowest BCUT2D eigenvalue weighted by Crippen LogP contribution is -2.42. The van der Waals surface area contributed by atoms with Crippen LogP contribution in [-0.4, -0.2) is 46.8 Å². The lowest BCUT2D eigenvalue weighted by atomic mass is 10.3. The third-order valence-electron chi connectivity index (χ3n) is 4.36. The normalized spacial score (nSPS) is 10.7. The van der Waals surface area contributed by atoms with Gasteiger partial charge in [0.2, 0.25) is 0 Å². The number of hydrogen-bond donors (Lipinski definition) is 1. The molecular formula is C18H25N5O5. The summed E-state index contributed by atoms with van der Waals surface area (Å²) in [6.07, 6.45) is 0. The van der Waals surface area contributed by atoms with Crippen molar-refractivity contribution in [1.29, 1.82) is 0 Å². The third kappa shape index (κ3) is 5.19. The summed E-state index contributed by atoms with van der Waals surface area (Å²) >= 11 is 0. The van der Waals surface area contributed by atoms with E-state index in [4.69, 9.17) is 4.74 Å². The molecule has 28 heavy (non-hydrogen) atoms. The molecule has 2 aromatic rings. The maximum absolute atomic E-state index is 12.1. The number of benzene rings is 1. The Kier molecular flexibility index (Phi) is 7.33. The molecule has 0 radical (unpaired) electrons. The van der Waals surface area contributed by atoms with Crippen LogP contribution in [0.5, 0.6) is 5.75 Å². The van der Waals surface area contributed by atoms with Crippen LogP contribution in [0.1, 0.15) is 6.92 Å². The number of hydrogen-bond acceptors (Lipinski definition) is 7. The van der Waals surface area contributed by atoms with Crippen LogP contribution in [-0.2, 0) is 14.1 Å². The van der Waals surface area contributed by atoms with Crippen molar-refractivity contribution in [3.63, 3.8) is 0 Å². The predicted octanol–water partition coefficient (Wildman–Crippen LogP) is 0.487. The van der Waals surface area contributed by atoms with Crippen molar-refractivity contribution in [3.05, 3.63) is 61.3 Å². The Morgan fingerprint density at radius 1 is 1.14 bits per heavy atom. The largest absolute Gasteiger partial charge is 0.492 e. The van der Waals surface area contributed by atoms with E-state index in [1.54, 1.807) is 19.2 Å². The third-order valence-corrected chi connectivity index (χ3v) is 4.36. The SMILES string of the molecule is CCN(CCNCCOc1ccc([N+](=O)[O-])cc1)c1cc(=O)n(C)c(=O)n1C. The molecule has 0 atom stereocenters. The van der Waals surface area contributed by atoms with Crippen molar-refractivity contribution < 1.29 is 9.66 Å². The van der Waals surface area contributed by atoms with Gasteiger partial charge in [-0.25, -0.2) is 4.79 Å². The van der Waals surface area contributed by atoms with Crippen molar-refractivity contribution in [2.75, 3.05) is 37.7 Å². The average molecular weight is 391 g/mol. The second-order valence-corrected chi connectivity index (χ2v) is 6.17. The van der Waals surface area contributed by atoms with E-state index in [0.717, 1.165) is 4.57 Å². The second kappa shape index (κ2) is 9.70. The fourth-order valence-corrected chi connectivity index (χ4v) is 2.70. The molecule has 0 aliphatic rings. The lowest BCUT2D eigenvalue weighted by Gasteiger charge is -2.25. The van der Waals surface area contributed by atoms with Gasteiger partial charge in [0.05, 0.1) is 4.92 Å². The Bertz CT molecular complexity index is 919. The topological polar surface area (TPSA) is 112 Å². The predicted molar refractivity (Wildman–Crippen MR) is 106 cm³/mol. The molecule has 10 heteroatoms.